The zero-order valence-corrected chi connectivity index (χ0v) is 11.2. The minimum absolute atomic E-state index is 0. The predicted octanol–water partition coefficient (Wildman–Crippen LogP) is 3.76. The topological polar surface area (TPSA) is 24.9 Å². The van der Waals surface area contributed by atoms with E-state index in [1.165, 1.54) is 6.07 Å². The van der Waals surface area contributed by atoms with Crippen molar-refractivity contribution in [1.82, 2.24) is 10.3 Å². The van der Waals surface area contributed by atoms with Gasteiger partial charge in [-0.3, -0.25) is 4.98 Å². The average molecular weight is 303 g/mol. The highest BCUT2D eigenvalue weighted by Gasteiger charge is 2.31. The van der Waals surface area contributed by atoms with Gasteiger partial charge in [-0.15, -0.1) is 24.8 Å². The molecule has 0 bridgehead atoms. The zero-order chi connectivity index (χ0) is 11.6. The molecule has 2 nitrogen and oxygen atoms in total. The molecule has 0 radical (unpaired) electrons. The third-order valence-corrected chi connectivity index (χ3v) is 2.78. The quantitative estimate of drug-likeness (QED) is 0.854. The van der Waals surface area contributed by atoms with Crippen LogP contribution < -0.4 is 5.32 Å². The molecule has 0 aliphatic carbocycles. The number of hydrogen-bond acceptors (Lipinski definition) is 2. The van der Waals surface area contributed by atoms with Crippen molar-refractivity contribution in [2.75, 3.05) is 6.54 Å². The summed E-state index contributed by atoms with van der Waals surface area (Å²) in [5.74, 6) is 0. The molecule has 7 heteroatoms. The number of hydrogen-bond donors (Lipinski definition) is 1. The second-order valence-corrected chi connectivity index (χ2v) is 3.97. The molecule has 1 fully saturated rings. The molecule has 1 atom stereocenters. The molecule has 1 saturated heterocycles. The van der Waals surface area contributed by atoms with Crippen LogP contribution in [0.2, 0.25) is 0 Å². The Morgan fingerprint density at radius 3 is 2.33 bits per heavy atom. The highest BCUT2D eigenvalue weighted by Crippen LogP contribution is 2.29. The van der Waals surface area contributed by atoms with Crippen molar-refractivity contribution in [1.29, 1.82) is 0 Å². The van der Waals surface area contributed by atoms with Crippen LogP contribution in [-0.4, -0.2) is 11.5 Å². The maximum Gasteiger partial charge on any atom is 0.417 e. The third kappa shape index (κ3) is 4.30. The Hall–Kier alpha value is -0.520. The fourth-order valence-electron chi connectivity index (χ4n) is 1.88. The Kier molecular flexibility index (Phi) is 6.96. The molecule has 104 valence electrons. The Balaban J connectivity index is 0.00000144. The van der Waals surface area contributed by atoms with Crippen molar-refractivity contribution in [2.45, 2.75) is 31.5 Å². The smallest absolute Gasteiger partial charge is 0.309 e. The number of aromatic nitrogens is 1. The molecule has 1 N–H and O–H groups in total. The van der Waals surface area contributed by atoms with Crippen molar-refractivity contribution >= 4 is 24.8 Å². The van der Waals surface area contributed by atoms with Gasteiger partial charge in [0.15, 0.2) is 0 Å². The van der Waals surface area contributed by atoms with Gasteiger partial charge < -0.3 is 5.32 Å². The second kappa shape index (κ2) is 7.16. The molecule has 1 aliphatic rings. The standard InChI is InChI=1S/C11H13F3N2.2ClH/c12-11(13,14)8-4-5-10(16-7-8)9-3-1-2-6-15-9;;/h4-5,7,9,15H,1-3,6H2;2*1H. The van der Waals surface area contributed by atoms with Crippen molar-refractivity contribution < 1.29 is 13.2 Å². The number of piperidine rings is 1. The summed E-state index contributed by atoms with van der Waals surface area (Å²) in [6.45, 7) is 0.910. The predicted molar refractivity (Wildman–Crippen MR) is 68.3 cm³/mol. The lowest BCUT2D eigenvalue weighted by Crippen LogP contribution is -2.27. The first-order chi connectivity index (χ1) is 7.57. The van der Waals surface area contributed by atoms with Crippen LogP contribution in [0.25, 0.3) is 0 Å². The summed E-state index contributed by atoms with van der Waals surface area (Å²) in [7, 11) is 0. The minimum atomic E-state index is -4.30. The summed E-state index contributed by atoms with van der Waals surface area (Å²) >= 11 is 0. The Labute approximate surface area is 116 Å². The summed E-state index contributed by atoms with van der Waals surface area (Å²) in [5.41, 5.74) is 0.0137. The first-order valence-electron chi connectivity index (χ1n) is 5.34. The molecular formula is C11H15Cl2F3N2. The molecule has 0 amide bonds. The molecular weight excluding hydrogens is 288 g/mol. The van der Waals surface area contributed by atoms with Gasteiger partial charge in [-0.1, -0.05) is 6.42 Å². The van der Waals surface area contributed by atoms with E-state index in [1.807, 2.05) is 0 Å². The average Bonchev–Trinajstić information content (AvgIpc) is 2.29. The van der Waals surface area contributed by atoms with Gasteiger partial charge in [-0.05, 0) is 31.5 Å². The molecule has 2 heterocycles. The monoisotopic (exact) mass is 302 g/mol. The molecule has 1 aliphatic heterocycles. The van der Waals surface area contributed by atoms with Gasteiger partial charge in [0.05, 0.1) is 11.3 Å². The van der Waals surface area contributed by atoms with Crippen LogP contribution in [0.5, 0.6) is 0 Å². The first-order valence-corrected chi connectivity index (χ1v) is 5.34. The minimum Gasteiger partial charge on any atom is -0.309 e. The molecule has 1 unspecified atom stereocenters. The summed E-state index contributed by atoms with van der Waals surface area (Å²) < 4.78 is 36.9. The lowest BCUT2D eigenvalue weighted by molar-refractivity contribution is -0.137. The van der Waals surface area contributed by atoms with E-state index in [4.69, 9.17) is 0 Å². The molecule has 1 aromatic heterocycles. The number of nitrogens with zero attached hydrogens (tertiary/aromatic N) is 1. The molecule has 0 spiro atoms. The van der Waals surface area contributed by atoms with Crippen molar-refractivity contribution in [2.24, 2.45) is 0 Å². The van der Waals surface area contributed by atoms with E-state index >= 15 is 0 Å². The van der Waals surface area contributed by atoms with Crippen LogP contribution in [0.4, 0.5) is 13.2 Å². The maximum absolute atomic E-state index is 12.3. The van der Waals surface area contributed by atoms with Crippen LogP contribution in [0.15, 0.2) is 18.3 Å². The molecule has 0 aromatic carbocycles. The lowest BCUT2D eigenvalue weighted by Gasteiger charge is -2.23. The molecule has 2 rings (SSSR count). The SMILES string of the molecule is Cl.Cl.FC(F)(F)c1ccc(C2CCCCN2)nc1. The van der Waals surface area contributed by atoms with Gasteiger partial charge in [0, 0.05) is 12.2 Å². The van der Waals surface area contributed by atoms with Gasteiger partial charge in [-0.25, -0.2) is 0 Å². The number of halogens is 5. The van der Waals surface area contributed by atoms with Crippen LogP contribution in [0, 0.1) is 0 Å². The summed E-state index contributed by atoms with van der Waals surface area (Å²) in [6.07, 6.45) is -0.229. The highest BCUT2D eigenvalue weighted by atomic mass is 35.5. The number of nitrogens with one attached hydrogen (secondary N) is 1. The van der Waals surface area contributed by atoms with Crippen molar-refractivity contribution in [3.63, 3.8) is 0 Å². The van der Waals surface area contributed by atoms with E-state index in [0.29, 0.717) is 5.69 Å². The fourth-order valence-corrected chi connectivity index (χ4v) is 1.88. The largest absolute Gasteiger partial charge is 0.417 e. The van der Waals surface area contributed by atoms with E-state index in [9.17, 15) is 13.2 Å². The Morgan fingerprint density at radius 1 is 1.17 bits per heavy atom. The lowest BCUT2D eigenvalue weighted by atomic mass is 10.0. The van der Waals surface area contributed by atoms with E-state index in [1.54, 1.807) is 0 Å². The number of pyridine rings is 1. The van der Waals surface area contributed by atoms with Crippen molar-refractivity contribution in [3.05, 3.63) is 29.6 Å². The van der Waals surface area contributed by atoms with E-state index < -0.39 is 11.7 Å². The fraction of sp³-hybridized carbons (Fsp3) is 0.545. The van der Waals surface area contributed by atoms with E-state index in [-0.39, 0.29) is 30.9 Å². The zero-order valence-electron chi connectivity index (χ0n) is 9.54. The molecule has 0 saturated carbocycles. The number of alkyl halides is 3. The second-order valence-electron chi connectivity index (χ2n) is 3.97. The van der Waals surface area contributed by atoms with Crippen molar-refractivity contribution in [3.8, 4) is 0 Å². The maximum atomic E-state index is 12.3. The van der Waals surface area contributed by atoms with Crippen LogP contribution in [-0.2, 0) is 6.18 Å². The van der Waals surface area contributed by atoms with Gasteiger partial charge in [0.2, 0.25) is 0 Å². The Morgan fingerprint density at radius 2 is 1.89 bits per heavy atom. The van der Waals surface area contributed by atoms with E-state index in [2.05, 4.69) is 10.3 Å². The highest BCUT2D eigenvalue weighted by molar-refractivity contribution is 5.85. The molecule has 1 aromatic rings. The van der Waals surface area contributed by atoms with Gasteiger partial charge in [0.1, 0.15) is 0 Å². The summed E-state index contributed by atoms with van der Waals surface area (Å²) in [4.78, 5) is 3.89. The van der Waals surface area contributed by atoms with Gasteiger partial charge >= 0.3 is 6.18 Å². The Bertz CT molecular complexity index is 348. The first kappa shape index (κ1) is 17.5. The summed E-state index contributed by atoms with van der Waals surface area (Å²) in [6, 6.07) is 2.67. The van der Waals surface area contributed by atoms with Gasteiger partial charge in [-0.2, -0.15) is 13.2 Å². The molecule has 18 heavy (non-hydrogen) atoms. The van der Waals surface area contributed by atoms with E-state index in [0.717, 1.165) is 38.1 Å². The van der Waals surface area contributed by atoms with Crippen LogP contribution in [0.3, 0.4) is 0 Å². The van der Waals surface area contributed by atoms with Crippen LogP contribution >= 0.6 is 24.8 Å². The summed E-state index contributed by atoms with van der Waals surface area (Å²) in [5, 5.41) is 3.25. The van der Waals surface area contributed by atoms with Crippen LogP contribution in [0.1, 0.15) is 36.6 Å². The van der Waals surface area contributed by atoms with Gasteiger partial charge in [0.25, 0.3) is 0 Å². The third-order valence-electron chi connectivity index (χ3n) is 2.78. The number of rotatable bonds is 1. The normalized spacial score (nSPS) is 19.6.